The van der Waals surface area contributed by atoms with Crippen LogP contribution in [0.4, 0.5) is 0 Å². The van der Waals surface area contributed by atoms with Crippen molar-refractivity contribution in [2.75, 3.05) is 0 Å². The van der Waals surface area contributed by atoms with Crippen LogP contribution in [0.1, 0.15) is 25.0 Å². The zero-order chi connectivity index (χ0) is 38.5. The monoisotopic (exact) mass is 737 g/mol. The van der Waals surface area contributed by atoms with Gasteiger partial charge in [-0.15, -0.1) is 0 Å². The molecule has 272 valence electrons. The number of nitrogens with zero attached hydrogens (tertiary/aromatic N) is 1. The SMILES string of the molecule is CC1(C)c2ccccc2-c2ccc(-c3ccc4c(c3)c3ccccc3c3cc5c(cc43)c3ccccc3n5-c3cc(-c4ccccc4)cc(-c4ccccc4)c3)cc21. The van der Waals surface area contributed by atoms with Gasteiger partial charge in [0, 0.05) is 21.9 Å². The predicted octanol–water partition coefficient (Wildman–Crippen LogP) is 15.6. The Kier molecular flexibility index (Phi) is 7.04. The maximum atomic E-state index is 2.48. The minimum atomic E-state index is -0.0434. The molecule has 0 saturated heterocycles. The molecule has 1 aliphatic carbocycles. The zero-order valence-electron chi connectivity index (χ0n) is 32.5. The Hall–Kier alpha value is -7.22. The minimum absolute atomic E-state index is 0.0434. The number of rotatable bonds is 4. The largest absolute Gasteiger partial charge is 0.309 e. The lowest BCUT2D eigenvalue weighted by Gasteiger charge is -2.22. The minimum Gasteiger partial charge on any atom is -0.309 e. The molecule has 0 radical (unpaired) electrons. The maximum Gasteiger partial charge on any atom is 0.0547 e. The van der Waals surface area contributed by atoms with Crippen LogP contribution in [0.15, 0.2) is 200 Å². The molecule has 0 amide bonds. The molecule has 0 spiro atoms. The summed E-state index contributed by atoms with van der Waals surface area (Å²) in [6, 6.07) is 74.5. The number of hydrogen-bond acceptors (Lipinski definition) is 0. The van der Waals surface area contributed by atoms with E-state index < -0.39 is 0 Å². The highest BCUT2D eigenvalue weighted by Crippen LogP contribution is 2.50. The second-order valence-corrected chi connectivity index (χ2v) is 16.5. The van der Waals surface area contributed by atoms with E-state index in [0.29, 0.717) is 0 Å². The van der Waals surface area contributed by atoms with Crippen molar-refractivity contribution in [2.24, 2.45) is 0 Å². The highest BCUT2D eigenvalue weighted by molar-refractivity contribution is 6.29. The van der Waals surface area contributed by atoms with E-state index in [1.807, 2.05) is 0 Å². The molecule has 58 heavy (non-hydrogen) atoms. The molecule has 0 saturated carbocycles. The van der Waals surface area contributed by atoms with Gasteiger partial charge in [-0.05, 0) is 136 Å². The topological polar surface area (TPSA) is 4.93 Å². The van der Waals surface area contributed by atoms with Gasteiger partial charge in [-0.1, -0.05) is 166 Å². The smallest absolute Gasteiger partial charge is 0.0547 e. The van der Waals surface area contributed by atoms with Crippen LogP contribution in [-0.2, 0) is 5.41 Å². The summed E-state index contributed by atoms with van der Waals surface area (Å²) >= 11 is 0. The third-order valence-electron chi connectivity index (χ3n) is 12.9. The van der Waals surface area contributed by atoms with Crippen molar-refractivity contribution in [1.82, 2.24) is 4.57 Å². The van der Waals surface area contributed by atoms with Crippen molar-refractivity contribution in [3.63, 3.8) is 0 Å². The van der Waals surface area contributed by atoms with E-state index in [-0.39, 0.29) is 5.41 Å². The number of benzene rings is 10. The van der Waals surface area contributed by atoms with E-state index in [1.165, 1.54) is 110 Å². The van der Waals surface area contributed by atoms with Crippen molar-refractivity contribution in [2.45, 2.75) is 19.3 Å². The highest BCUT2D eigenvalue weighted by Gasteiger charge is 2.35. The molecule has 10 aromatic carbocycles. The first kappa shape index (κ1) is 33.0. The second-order valence-electron chi connectivity index (χ2n) is 16.5. The standard InChI is InChI=1S/C57H39N/c1-57(2)53-23-13-11-21-46(53)47-28-26-39(33-54(47)57)38-25-27-45-49(32-38)43-19-9-10-20-44(43)51-35-56-52(34-50(45)51)48-22-12-14-24-55(48)58(56)42-30-40(36-15-5-3-6-16-36)29-41(31-42)37-17-7-4-8-18-37/h3-35H,1-2H3. The Labute approximate surface area is 338 Å². The fourth-order valence-electron chi connectivity index (χ4n) is 10.1. The number of fused-ring (bicyclic) bond motifs is 12. The van der Waals surface area contributed by atoms with Crippen LogP contribution in [0, 0.1) is 0 Å². The van der Waals surface area contributed by atoms with E-state index in [4.69, 9.17) is 0 Å². The van der Waals surface area contributed by atoms with Crippen LogP contribution in [0.2, 0.25) is 0 Å². The summed E-state index contributed by atoms with van der Waals surface area (Å²) in [5, 5.41) is 10.2. The van der Waals surface area contributed by atoms with Crippen LogP contribution < -0.4 is 0 Å². The molecule has 0 bridgehead atoms. The summed E-state index contributed by atoms with van der Waals surface area (Å²) in [5.74, 6) is 0. The first-order chi connectivity index (χ1) is 28.5. The molecule has 1 aromatic heterocycles. The summed E-state index contributed by atoms with van der Waals surface area (Å²) in [6.45, 7) is 4.72. The van der Waals surface area contributed by atoms with Crippen molar-refractivity contribution >= 4 is 54.1 Å². The molecule has 1 nitrogen and oxygen atoms in total. The number of hydrogen-bond donors (Lipinski definition) is 0. The summed E-state index contributed by atoms with van der Waals surface area (Å²) in [6.07, 6.45) is 0. The van der Waals surface area contributed by atoms with Gasteiger partial charge in [-0.2, -0.15) is 0 Å². The van der Waals surface area contributed by atoms with Gasteiger partial charge in [-0.25, -0.2) is 0 Å². The van der Waals surface area contributed by atoms with Gasteiger partial charge in [0.25, 0.3) is 0 Å². The molecule has 1 heteroatoms. The lowest BCUT2D eigenvalue weighted by atomic mass is 9.81. The lowest BCUT2D eigenvalue weighted by molar-refractivity contribution is 0.660. The molecule has 0 aliphatic heterocycles. The first-order valence-electron chi connectivity index (χ1n) is 20.3. The maximum absolute atomic E-state index is 2.48. The Balaban J connectivity index is 1.10. The molecule has 12 rings (SSSR count). The molecular weight excluding hydrogens is 699 g/mol. The van der Waals surface area contributed by atoms with Gasteiger partial charge >= 0.3 is 0 Å². The fourth-order valence-corrected chi connectivity index (χ4v) is 10.1. The van der Waals surface area contributed by atoms with Gasteiger partial charge in [0.1, 0.15) is 0 Å². The Bertz CT molecular complexity index is 3400. The Morgan fingerprint density at radius 2 is 0.828 bits per heavy atom. The summed E-state index contributed by atoms with van der Waals surface area (Å²) < 4.78 is 2.48. The van der Waals surface area contributed by atoms with Crippen molar-refractivity contribution < 1.29 is 0 Å². The third kappa shape index (κ3) is 4.83. The van der Waals surface area contributed by atoms with Crippen molar-refractivity contribution in [1.29, 1.82) is 0 Å². The van der Waals surface area contributed by atoms with Crippen molar-refractivity contribution in [3.05, 3.63) is 211 Å². The number of para-hydroxylation sites is 1. The summed E-state index contributed by atoms with van der Waals surface area (Å²) in [5.41, 5.74) is 16.4. The lowest BCUT2D eigenvalue weighted by Crippen LogP contribution is -2.14. The molecule has 11 aromatic rings. The van der Waals surface area contributed by atoms with Gasteiger partial charge in [0.2, 0.25) is 0 Å². The molecule has 0 unspecified atom stereocenters. The van der Waals surface area contributed by atoms with Crippen LogP contribution in [-0.4, -0.2) is 4.57 Å². The van der Waals surface area contributed by atoms with Gasteiger partial charge in [-0.3, -0.25) is 0 Å². The molecule has 0 fully saturated rings. The van der Waals surface area contributed by atoms with E-state index in [0.717, 1.165) is 5.69 Å². The van der Waals surface area contributed by atoms with Gasteiger partial charge < -0.3 is 4.57 Å². The second kappa shape index (κ2) is 12.4. The average molecular weight is 738 g/mol. The predicted molar refractivity (Wildman–Crippen MR) is 247 cm³/mol. The van der Waals surface area contributed by atoms with Crippen LogP contribution in [0.3, 0.4) is 0 Å². The molecule has 0 atom stereocenters. The highest BCUT2D eigenvalue weighted by atomic mass is 15.0. The summed E-state index contributed by atoms with van der Waals surface area (Å²) in [7, 11) is 0. The van der Waals surface area contributed by atoms with Crippen LogP contribution in [0.25, 0.3) is 104 Å². The molecule has 0 N–H and O–H groups in total. The third-order valence-corrected chi connectivity index (χ3v) is 12.9. The van der Waals surface area contributed by atoms with E-state index >= 15 is 0 Å². The van der Waals surface area contributed by atoms with Crippen LogP contribution >= 0.6 is 0 Å². The molecule has 1 heterocycles. The quantitative estimate of drug-likeness (QED) is 0.159. The van der Waals surface area contributed by atoms with E-state index in [1.54, 1.807) is 0 Å². The van der Waals surface area contributed by atoms with E-state index in [9.17, 15) is 0 Å². The van der Waals surface area contributed by atoms with Gasteiger partial charge in [0.15, 0.2) is 0 Å². The fraction of sp³-hybridized carbons (Fsp3) is 0.0526. The summed E-state index contributed by atoms with van der Waals surface area (Å²) in [4.78, 5) is 0. The Morgan fingerprint density at radius 1 is 0.293 bits per heavy atom. The normalized spacial score (nSPS) is 13.1. The van der Waals surface area contributed by atoms with Crippen molar-refractivity contribution in [3.8, 4) is 50.2 Å². The first-order valence-corrected chi connectivity index (χ1v) is 20.3. The zero-order valence-corrected chi connectivity index (χ0v) is 32.5. The van der Waals surface area contributed by atoms with E-state index in [2.05, 4.69) is 219 Å². The number of aromatic nitrogens is 1. The molecule has 1 aliphatic rings. The van der Waals surface area contributed by atoms with Gasteiger partial charge in [0.05, 0.1) is 11.0 Å². The molecular formula is C57H39N. The average Bonchev–Trinajstić information content (AvgIpc) is 3.73. The van der Waals surface area contributed by atoms with Crippen LogP contribution in [0.5, 0.6) is 0 Å². The Morgan fingerprint density at radius 3 is 1.55 bits per heavy atom.